The number of fused-ring (bicyclic) bond motifs is 3. The van der Waals surface area contributed by atoms with Crippen molar-refractivity contribution in [1.82, 2.24) is 5.32 Å². The van der Waals surface area contributed by atoms with Gasteiger partial charge in [0.2, 0.25) is 0 Å². The minimum Gasteiger partial charge on any atom is -0.375 e. The first-order chi connectivity index (χ1) is 9.85. The van der Waals surface area contributed by atoms with Crippen LogP contribution in [0, 0.1) is 5.92 Å². The van der Waals surface area contributed by atoms with E-state index in [1.165, 1.54) is 35.6 Å². The Morgan fingerprint density at radius 2 is 1.95 bits per heavy atom. The summed E-state index contributed by atoms with van der Waals surface area (Å²) in [5.41, 5.74) is 1.40. The van der Waals surface area contributed by atoms with Gasteiger partial charge in [0.15, 0.2) is 0 Å². The van der Waals surface area contributed by atoms with Gasteiger partial charge in [-0.05, 0) is 48.7 Å². The van der Waals surface area contributed by atoms with Crippen molar-refractivity contribution in [2.24, 2.45) is 5.92 Å². The van der Waals surface area contributed by atoms with Crippen molar-refractivity contribution >= 4 is 10.8 Å². The molecule has 0 spiro atoms. The van der Waals surface area contributed by atoms with Gasteiger partial charge < -0.3 is 10.1 Å². The predicted octanol–water partition coefficient (Wildman–Crippen LogP) is 3.67. The molecule has 2 aromatic rings. The van der Waals surface area contributed by atoms with E-state index in [-0.39, 0.29) is 0 Å². The molecule has 2 bridgehead atoms. The van der Waals surface area contributed by atoms with Crippen molar-refractivity contribution in [1.29, 1.82) is 0 Å². The molecule has 2 heteroatoms. The fourth-order valence-electron chi connectivity index (χ4n) is 4.06. The monoisotopic (exact) mass is 267 g/mol. The molecule has 0 aliphatic carbocycles. The smallest absolute Gasteiger partial charge is 0.0627 e. The van der Waals surface area contributed by atoms with Crippen molar-refractivity contribution in [3.05, 3.63) is 48.0 Å². The molecular weight excluding hydrogens is 246 g/mol. The van der Waals surface area contributed by atoms with Crippen LogP contribution in [0.1, 0.15) is 30.9 Å². The molecule has 2 nitrogen and oxygen atoms in total. The zero-order chi connectivity index (χ0) is 13.5. The Bertz CT molecular complexity index is 624. The second-order valence-corrected chi connectivity index (χ2v) is 6.15. The molecule has 1 N–H and O–H groups in total. The molecule has 2 fully saturated rings. The molecule has 0 saturated carbocycles. The summed E-state index contributed by atoms with van der Waals surface area (Å²) >= 11 is 0. The number of hydrogen-bond acceptors (Lipinski definition) is 2. The second-order valence-electron chi connectivity index (χ2n) is 6.15. The third-order valence-electron chi connectivity index (χ3n) is 5.02. The van der Waals surface area contributed by atoms with Crippen LogP contribution in [0.15, 0.2) is 42.5 Å². The van der Waals surface area contributed by atoms with Crippen molar-refractivity contribution in [3.8, 4) is 0 Å². The molecule has 2 aliphatic heterocycles. The lowest BCUT2D eigenvalue weighted by Crippen LogP contribution is -2.31. The summed E-state index contributed by atoms with van der Waals surface area (Å²) in [6.45, 7) is 0. The summed E-state index contributed by atoms with van der Waals surface area (Å²) in [5, 5.41) is 6.17. The summed E-state index contributed by atoms with van der Waals surface area (Å²) in [4.78, 5) is 0. The van der Waals surface area contributed by atoms with E-state index >= 15 is 0 Å². The number of ether oxygens (including phenoxy) is 1. The minimum atomic E-state index is 0.412. The van der Waals surface area contributed by atoms with Gasteiger partial charge in [-0.1, -0.05) is 36.4 Å². The van der Waals surface area contributed by atoms with Crippen LogP contribution in [-0.4, -0.2) is 19.3 Å². The van der Waals surface area contributed by atoms with Crippen LogP contribution >= 0.6 is 0 Å². The molecule has 2 aliphatic rings. The van der Waals surface area contributed by atoms with Crippen LogP contribution in [0.4, 0.5) is 0 Å². The van der Waals surface area contributed by atoms with Gasteiger partial charge in [0.25, 0.3) is 0 Å². The Balaban J connectivity index is 1.68. The minimum absolute atomic E-state index is 0.412. The number of rotatable bonds is 3. The molecule has 4 atom stereocenters. The Hall–Kier alpha value is -1.38. The van der Waals surface area contributed by atoms with Crippen molar-refractivity contribution in [2.75, 3.05) is 7.05 Å². The standard InChI is InChI=1S/C18H21NO/c1-19-18(16-11-15-8-9-17(16)20-15)14-7-6-12-4-2-3-5-13(12)10-14/h2-7,10,15-19H,8-9,11H2,1H3. The number of benzene rings is 2. The fourth-order valence-corrected chi connectivity index (χ4v) is 4.06. The van der Waals surface area contributed by atoms with Crippen molar-refractivity contribution in [2.45, 2.75) is 37.5 Å². The van der Waals surface area contributed by atoms with E-state index in [9.17, 15) is 0 Å². The summed E-state index contributed by atoms with van der Waals surface area (Å²) in [6.07, 6.45) is 4.68. The molecule has 2 heterocycles. The zero-order valence-electron chi connectivity index (χ0n) is 11.9. The second kappa shape index (κ2) is 4.87. The summed E-state index contributed by atoms with van der Waals surface area (Å²) in [5.74, 6) is 0.625. The van der Waals surface area contributed by atoms with Gasteiger partial charge in [0.05, 0.1) is 12.2 Å². The molecule has 20 heavy (non-hydrogen) atoms. The van der Waals surface area contributed by atoms with Crippen molar-refractivity contribution < 1.29 is 4.74 Å². The van der Waals surface area contributed by atoms with Crippen LogP contribution < -0.4 is 5.32 Å². The van der Waals surface area contributed by atoms with E-state index in [1.54, 1.807) is 0 Å². The maximum absolute atomic E-state index is 6.04. The third-order valence-corrected chi connectivity index (χ3v) is 5.02. The number of hydrogen-bond donors (Lipinski definition) is 1. The average molecular weight is 267 g/mol. The highest BCUT2D eigenvalue weighted by Gasteiger charge is 2.44. The van der Waals surface area contributed by atoms with Crippen molar-refractivity contribution in [3.63, 3.8) is 0 Å². The van der Waals surface area contributed by atoms with E-state index in [4.69, 9.17) is 4.74 Å². The summed E-state index contributed by atoms with van der Waals surface area (Å²) < 4.78 is 6.04. The fraction of sp³-hybridized carbons (Fsp3) is 0.444. The SMILES string of the molecule is CNC(c1ccc2ccccc2c1)C1CC2CCC1O2. The first-order valence-electron chi connectivity index (χ1n) is 7.66. The highest BCUT2D eigenvalue weighted by Crippen LogP contribution is 2.44. The molecule has 4 rings (SSSR count). The molecule has 0 radical (unpaired) electrons. The molecule has 0 amide bonds. The molecule has 4 unspecified atom stereocenters. The Morgan fingerprint density at radius 3 is 2.65 bits per heavy atom. The van der Waals surface area contributed by atoms with E-state index in [1.807, 2.05) is 0 Å². The molecule has 104 valence electrons. The van der Waals surface area contributed by atoms with Gasteiger partial charge in [-0.25, -0.2) is 0 Å². The lowest BCUT2D eigenvalue weighted by Gasteiger charge is -2.28. The van der Waals surface area contributed by atoms with Crippen LogP contribution in [0.3, 0.4) is 0 Å². The van der Waals surface area contributed by atoms with Gasteiger partial charge in [-0.3, -0.25) is 0 Å². The maximum atomic E-state index is 6.04. The molecule has 2 saturated heterocycles. The zero-order valence-corrected chi connectivity index (χ0v) is 11.9. The van der Waals surface area contributed by atoms with Gasteiger partial charge in [0.1, 0.15) is 0 Å². The predicted molar refractivity (Wildman–Crippen MR) is 81.8 cm³/mol. The Labute approximate surface area is 120 Å². The molecule has 2 aromatic carbocycles. The highest BCUT2D eigenvalue weighted by atomic mass is 16.5. The van der Waals surface area contributed by atoms with Gasteiger partial charge in [-0.15, -0.1) is 0 Å². The van der Waals surface area contributed by atoms with Gasteiger partial charge in [0, 0.05) is 12.0 Å². The quantitative estimate of drug-likeness (QED) is 0.916. The van der Waals surface area contributed by atoms with Crippen LogP contribution in [0.25, 0.3) is 10.8 Å². The van der Waals surface area contributed by atoms with Crippen LogP contribution in [0.5, 0.6) is 0 Å². The van der Waals surface area contributed by atoms with Crippen LogP contribution in [0.2, 0.25) is 0 Å². The largest absolute Gasteiger partial charge is 0.375 e. The van der Waals surface area contributed by atoms with Crippen LogP contribution in [-0.2, 0) is 4.74 Å². The van der Waals surface area contributed by atoms with E-state index in [2.05, 4.69) is 54.8 Å². The highest BCUT2D eigenvalue weighted by molar-refractivity contribution is 5.83. The number of nitrogens with one attached hydrogen (secondary N) is 1. The van der Waals surface area contributed by atoms with E-state index < -0.39 is 0 Å². The normalized spacial score (nSPS) is 29.9. The Morgan fingerprint density at radius 1 is 1.10 bits per heavy atom. The summed E-state index contributed by atoms with van der Waals surface area (Å²) in [7, 11) is 2.08. The molecule has 0 aromatic heterocycles. The lowest BCUT2D eigenvalue weighted by atomic mass is 9.81. The Kier molecular flexibility index (Phi) is 3.01. The first kappa shape index (κ1) is 12.4. The van der Waals surface area contributed by atoms with Gasteiger partial charge in [-0.2, -0.15) is 0 Å². The van der Waals surface area contributed by atoms with E-state index in [0.29, 0.717) is 24.2 Å². The third kappa shape index (κ3) is 1.95. The summed E-state index contributed by atoms with van der Waals surface area (Å²) in [6, 6.07) is 15.8. The average Bonchev–Trinajstić information content (AvgIpc) is 3.11. The lowest BCUT2D eigenvalue weighted by molar-refractivity contribution is 0.0863. The van der Waals surface area contributed by atoms with E-state index in [0.717, 1.165) is 0 Å². The maximum Gasteiger partial charge on any atom is 0.0627 e. The van der Waals surface area contributed by atoms with Gasteiger partial charge >= 0.3 is 0 Å². The topological polar surface area (TPSA) is 21.3 Å². The molecular formula is C18H21NO. The first-order valence-corrected chi connectivity index (χ1v) is 7.66.